The summed E-state index contributed by atoms with van der Waals surface area (Å²) in [7, 11) is 0. The highest BCUT2D eigenvalue weighted by molar-refractivity contribution is 14.1. The van der Waals surface area contributed by atoms with Crippen molar-refractivity contribution in [2.45, 2.75) is 0 Å². The molecule has 0 spiro atoms. The summed E-state index contributed by atoms with van der Waals surface area (Å²) < 4.78 is 2.57. The Morgan fingerprint density at radius 1 is 0.562 bits per heavy atom. The minimum atomic E-state index is 1.29. The summed E-state index contributed by atoms with van der Waals surface area (Å²) in [5.41, 5.74) is 0. The Hall–Kier alpha value is -0.360. The van der Waals surface area contributed by atoms with Crippen LogP contribution in [0.2, 0.25) is 0 Å². The van der Waals surface area contributed by atoms with Crippen molar-refractivity contribution < 1.29 is 0 Å². The van der Waals surface area contributed by atoms with E-state index in [0.29, 0.717) is 0 Å². The Labute approximate surface area is 121 Å². The fourth-order valence-electron chi connectivity index (χ4n) is 2.01. The molecule has 0 atom stereocenters. The van der Waals surface area contributed by atoms with E-state index >= 15 is 0 Å². The van der Waals surface area contributed by atoms with Crippen LogP contribution in [-0.4, -0.2) is 0 Å². The third-order valence-corrected chi connectivity index (χ3v) is 4.10. The van der Waals surface area contributed by atoms with Gasteiger partial charge in [-0.25, -0.2) is 0 Å². The minimum Gasteiger partial charge on any atom is -0.0537 e. The average Bonchev–Trinajstić information content (AvgIpc) is 2.28. The summed E-state index contributed by atoms with van der Waals surface area (Å²) in [5, 5.41) is 5.32. The Morgan fingerprint density at radius 3 is 1.44 bits per heavy atom. The van der Waals surface area contributed by atoms with E-state index in [1.807, 2.05) is 0 Å². The van der Waals surface area contributed by atoms with Crippen molar-refractivity contribution in [2.75, 3.05) is 0 Å². The van der Waals surface area contributed by atoms with Crippen molar-refractivity contribution >= 4 is 66.7 Å². The van der Waals surface area contributed by atoms with Crippen molar-refractivity contribution in [3.05, 3.63) is 55.7 Å². The Bertz CT molecular complexity index is 626. The van der Waals surface area contributed by atoms with Crippen LogP contribution in [-0.2, 0) is 0 Å². The van der Waals surface area contributed by atoms with Crippen LogP contribution in [0.25, 0.3) is 21.5 Å². The third kappa shape index (κ3) is 1.82. The Kier molecular flexibility index (Phi) is 2.79. The van der Waals surface area contributed by atoms with Crippen molar-refractivity contribution in [3.63, 3.8) is 0 Å². The van der Waals surface area contributed by atoms with Gasteiger partial charge < -0.3 is 0 Å². The van der Waals surface area contributed by atoms with Crippen molar-refractivity contribution in [2.24, 2.45) is 0 Å². The van der Waals surface area contributed by atoms with Crippen molar-refractivity contribution in [3.8, 4) is 0 Å². The molecule has 0 N–H and O–H groups in total. The second-order valence-electron chi connectivity index (χ2n) is 3.80. The van der Waals surface area contributed by atoms with E-state index in [9.17, 15) is 0 Å². The zero-order valence-corrected chi connectivity index (χ0v) is 12.7. The molecule has 78 valence electrons. The molecular weight excluding hydrogens is 422 g/mol. The molecule has 0 saturated carbocycles. The predicted molar refractivity (Wildman–Crippen MR) is 86.9 cm³/mol. The summed E-state index contributed by atoms with van der Waals surface area (Å²) in [6, 6.07) is 17.6. The predicted octanol–water partition coefficient (Wildman–Crippen LogP) is 5.20. The number of rotatable bonds is 0. The highest BCUT2D eigenvalue weighted by Gasteiger charge is 2.01. The first kappa shape index (κ1) is 10.8. The smallest absolute Gasteiger partial charge is 0.0136 e. The van der Waals surface area contributed by atoms with Gasteiger partial charge in [-0.2, -0.15) is 0 Å². The Morgan fingerprint density at radius 2 is 1.00 bits per heavy atom. The van der Waals surface area contributed by atoms with Gasteiger partial charge in [-0.1, -0.05) is 24.3 Å². The van der Waals surface area contributed by atoms with E-state index in [0.717, 1.165) is 0 Å². The minimum absolute atomic E-state index is 1.29. The van der Waals surface area contributed by atoms with Crippen LogP contribution in [0.5, 0.6) is 0 Å². The highest BCUT2D eigenvalue weighted by atomic mass is 127. The molecule has 0 aliphatic carbocycles. The second kappa shape index (κ2) is 4.14. The summed E-state index contributed by atoms with van der Waals surface area (Å²) in [4.78, 5) is 0. The lowest BCUT2D eigenvalue weighted by atomic mass is 10.0. The molecule has 3 rings (SSSR count). The zero-order chi connectivity index (χ0) is 11.1. The first-order valence-corrected chi connectivity index (χ1v) is 7.17. The lowest BCUT2D eigenvalue weighted by Gasteiger charge is -2.04. The van der Waals surface area contributed by atoms with Gasteiger partial charge in [0.2, 0.25) is 0 Å². The van der Waals surface area contributed by atoms with Gasteiger partial charge in [-0.15, -0.1) is 0 Å². The van der Waals surface area contributed by atoms with Gasteiger partial charge in [0.25, 0.3) is 0 Å². The fourth-order valence-corrected chi connectivity index (χ4v) is 3.04. The number of hydrogen-bond acceptors (Lipinski definition) is 0. The standard InChI is InChI=1S/C14H8I2/c15-11-3-5-13-9(7-11)1-2-10-8-12(16)4-6-14(10)13/h1-8H. The molecule has 0 aliphatic rings. The first-order chi connectivity index (χ1) is 7.74. The molecule has 3 aromatic rings. The quantitative estimate of drug-likeness (QED) is 0.340. The van der Waals surface area contributed by atoms with Crippen molar-refractivity contribution in [1.29, 1.82) is 0 Å². The molecular formula is C14H8I2. The van der Waals surface area contributed by atoms with Gasteiger partial charge in [0, 0.05) is 7.14 Å². The summed E-state index contributed by atoms with van der Waals surface area (Å²) in [6.45, 7) is 0. The summed E-state index contributed by atoms with van der Waals surface area (Å²) in [5.74, 6) is 0. The maximum atomic E-state index is 2.36. The number of hydrogen-bond donors (Lipinski definition) is 0. The topological polar surface area (TPSA) is 0 Å². The van der Waals surface area contributed by atoms with Crippen LogP contribution in [0.15, 0.2) is 48.5 Å². The molecule has 0 heterocycles. The van der Waals surface area contributed by atoms with Crippen LogP contribution in [0, 0.1) is 7.14 Å². The Balaban J connectivity index is 2.50. The molecule has 0 amide bonds. The molecule has 0 aromatic heterocycles. The van der Waals surface area contributed by atoms with Gasteiger partial charge in [0.05, 0.1) is 0 Å². The summed E-state index contributed by atoms with van der Waals surface area (Å²) in [6.07, 6.45) is 0. The number of fused-ring (bicyclic) bond motifs is 3. The molecule has 0 saturated heterocycles. The molecule has 0 nitrogen and oxygen atoms in total. The van der Waals surface area contributed by atoms with Crippen LogP contribution in [0.4, 0.5) is 0 Å². The van der Waals surface area contributed by atoms with Crippen LogP contribution < -0.4 is 0 Å². The van der Waals surface area contributed by atoms with Gasteiger partial charge >= 0.3 is 0 Å². The number of halogens is 2. The molecule has 16 heavy (non-hydrogen) atoms. The van der Waals surface area contributed by atoms with E-state index < -0.39 is 0 Å². The van der Waals surface area contributed by atoms with Crippen LogP contribution in [0.1, 0.15) is 0 Å². The van der Waals surface area contributed by atoms with Gasteiger partial charge in [-0.05, 0) is 91.0 Å². The lowest BCUT2D eigenvalue weighted by molar-refractivity contribution is 1.70. The van der Waals surface area contributed by atoms with Crippen LogP contribution in [0.3, 0.4) is 0 Å². The first-order valence-electron chi connectivity index (χ1n) is 5.01. The lowest BCUT2D eigenvalue weighted by Crippen LogP contribution is -1.80. The monoisotopic (exact) mass is 430 g/mol. The molecule has 0 fully saturated rings. The van der Waals surface area contributed by atoms with E-state index in [-0.39, 0.29) is 0 Å². The van der Waals surface area contributed by atoms with Gasteiger partial charge in [0.1, 0.15) is 0 Å². The number of benzene rings is 3. The van der Waals surface area contributed by atoms with Gasteiger partial charge in [-0.3, -0.25) is 0 Å². The molecule has 2 heteroatoms. The fraction of sp³-hybridized carbons (Fsp3) is 0. The largest absolute Gasteiger partial charge is 0.0537 e. The molecule has 0 unspecified atom stereocenters. The maximum absolute atomic E-state index is 2.36. The SMILES string of the molecule is Ic1ccc2c(ccc3cc(I)ccc32)c1. The summed E-state index contributed by atoms with van der Waals surface area (Å²) >= 11 is 4.71. The maximum Gasteiger partial charge on any atom is 0.0136 e. The van der Waals surface area contributed by atoms with Gasteiger partial charge in [0.15, 0.2) is 0 Å². The normalized spacial score (nSPS) is 11.1. The average molecular weight is 430 g/mol. The second-order valence-corrected chi connectivity index (χ2v) is 6.29. The highest BCUT2D eigenvalue weighted by Crippen LogP contribution is 2.27. The molecule has 3 aromatic carbocycles. The van der Waals surface area contributed by atoms with E-state index in [1.165, 1.54) is 28.7 Å². The zero-order valence-electron chi connectivity index (χ0n) is 8.37. The van der Waals surface area contributed by atoms with Crippen molar-refractivity contribution in [1.82, 2.24) is 0 Å². The third-order valence-electron chi connectivity index (χ3n) is 2.76. The molecule has 0 bridgehead atoms. The van der Waals surface area contributed by atoms with E-state index in [4.69, 9.17) is 0 Å². The van der Waals surface area contributed by atoms with E-state index in [1.54, 1.807) is 0 Å². The molecule has 0 radical (unpaired) electrons. The molecule has 0 aliphatic heterocycles. The van der Waals surface area contributed by atoms with Crippen LogP contribution >= 0.6 is 45.2 Å². The van der Waals surface area contributed by atoms with E-state index in [2.05, 4.69) is 93.7 Å².